The normalized spacial score (nSPS) is 12.7. The number of rotatable bonds is 8. The van der Waals surface area contributed by atoms with Crippen molar-refractivity contribution in [2.75, 3.05) is 19.8 Å². The molecule has 0 aromatic carbocycles. The van der Waals surface area contributed by atoms with E-state index in [2.05, 4.69) is 11.7 Å². The number of hydrogen-bond acceptors (Lipinski definition) is 5. The van der Waals surface area contributed by atoms with E-state index in [1.165, 1.54) is 6.92 Å². The Morgan fingerprint density at radius 2 is 1.60 bits per heavy atom. The summed E-state index contributed by atoms with van der Waals surface area (Å²) in [5, 5.41) is 9.15. The fraction of sp³-hybridized carbons (Fsp3) is 0.867. The van der Waals surface area contributed by atoms with Crippen molar-refractivity contribution in [3.63, 3.8) is 0 Å². The first-order valence-electron chi connectivity index (χ1n) is 7.39. The number of ether oxygens (including phenoxy) is 2. The summed E-state index contributed by atoms with van der Waals surface area (Å²) in [6.07, 6.45) is 2.92. The number of hydrogen-bond donors (Lipinski definition) is 1. The third-order valence-corrected chi connectivity index (χ3v) is 2.89. The molecule has 0 aromatic rings. The van der Waals surface area contributed by atoms with Crippen LogP contribution in [-0.4, -0.2) is 36.9 Å². The predicted molar refractivity (Wildman–Crippen MR) is 78.2 cm³/mol. The van der Waals surface area contributed by atoms with Gasteiger partial charge in [0.15, 0.2) is 0 Å². The summed E-state index contributed by atoms with van der Waals surface area (Å²) in [6, 6.07) is 0. The summed E-state index contributed by atoms with van der Waals surface area (Å²) in [7, 11) is 0. The molecule has 0 rings (SSSR count). The number of aliphatic hydroxyl groups excluding tert-OH is 1. The Bertz CT molecular complexity index is 253. The van der Waals surface area contributed by atoms with Crippen LogP contribution in [0, 0.1) is 11.8 Å². The minimum Gasteiger partial charge on any atom is -0.466 e. The molecule has 5 nitrogen and oxygen atoms in total. The van der Waals surface area contributed by atoms with Gasteiger partial charge in [0, 0.05) is 6.92 Å². The zero-order chi connectivity index (χ0) is 16.0. The van der Waals surface area contributed by atoms with Crippen molar-refractivity contribution in [3.05, 3.63) is 0 Å². The highest BCUT2D eigenvalue weighted by Gasteiger charge is 2.26. The third kappa shape index (κ3) is 10.8. The molecule has 0 saturated heterocycles. The molecule has 20 heavy (non-hydrogen) atoms. The van der Waals surface area contributed by atoms with Gasteiger partial charge in [-0.1, -0.05) is 26.7 Å². The first kappa shape index (κ1) is 21.2. The topological polar surface area (TPSA) is 72.8 Å². The predicted octanol–water partition coefficient (Wildman–Crippen LogP) is 2.55. The number of aliphatic hydroxyl groups is 1. The van der Waals surface area contributed by atoms with E-state index in [-0.39, 0.29) is 30.4 Å². The maximum atomic E-state index is 11.5. The van der Waals surface area contributed by atoms with Gasteiger partial charge in [0.25, 0.3) is 0 Å². The van der Waals surface area contributed by atoms with Gasteiger partial charge in [0.2, 0.25) is 0 Å². The fourth-order valence-corrected chi connectivity index (χ4v) is 1.93. The third-order valence-electron chi connectivity index (χ3n) is 2.89. The minimum atomic E-state index is -0.333. The number of carbonyl (C=O) groups is 2. The van der Waals surface area contributed by atoms with Crippen LogP contribution in [0.2, 0.25) is 0 Å². The highest BCUT2D eigenvalue weighted by Crippen LogP contribution is 2.22. The Kier molecular flexibility index (Phi) is 15.2. The molecule has 1 N–H and O–H groups in total. The van der Waals surface area contributed by atoms with Crippen molar-refractivity contribution in [3.8, 4) is 0 Å². The summed E-state index contributed by atoms with van der Waals surface area (Å²) in [4.78, 5) is 21.3. The van der Waals surface area contributed by atoms with Gasteiger partial charge in [-0.2, -0.15) is 0 Å². The van der Waals surface area contributed by atoms with Crippen molar-refractivity contribution in [2.45, 2.75) is 53.9 Å². The van der Waals surface area contributed by atoms with Crippen LogP contribution in [0.5, 0.6) is 0 Å². The van der Waals surface area contributed by atoms with Gasteiger partial charge < -0.3 is 14.6 Å². The van der Waals surface area contributed by atoms with Crippen LogP contribution < -0.4 is 0 Å². The highest BCUT2D eigenvalue weighted by atomic mass is 16.5. The van der Waals surface area contributed by atoms with E-state index < -0.39 is 0 Å². The van der Waals surface area contributed by atoms with Gasteiger partial charge in [-0.15, -0.1) is 0 Å². The first-order chi connectivity index (χ1) is 9.48. The molecule has 2 unspecified atom stereocenters. The second-order valence-corrected chi connectivity index (χ2v) is 4.42. The molecule has 0 radical (unpaired) electrons. The molecule has 2 atom stereocenters. The van der Waals surface area contributed by atoms with E-state index in [9.17, 15) is 9.59 Å². The molecule has 0 aliphatic carbocycles. The summed E-state index contributed by atoms with van der Waals surface area (Å²) in [5.74, 6) is -0.545. The van der Waals surface area contributed by atoms with E-state index in [1.54, 1.807) is 13.8 Å². The smallest absolute Gasteiger partial charge is 0.311 e. The Labute approximate surface area is 122 Å². The second kappa shape index (κ2) is 14.3. The Morgan fingerprint density at radius 1 is 1.05 bits per heavy atom. The molecule has 0 bridgehead atoms. The molecule has 5 heteroatoms. The molecule has 0 spiro atoms. The van der Waals surface area contributed by atoms with Crippen molar-refractivity contribution in [2.24, 2.45) is 11.8 Å². The van der Waals surface area contributed by atoms with Crippen molar-refractivity contribution in [1.29, 1.82) is 0 Å². The monoisotopic (exact) mass is 290 g/mol. The van der Waals surface area contributed by atoms with E-state index >= 15 is 0 Å². The highest BCUT2D eigenvalue weighted by molar-refractivity contribution is 5.72. The van der Waals surface area contributed by atoms with Crippen LogP contribution in [0.4, 0.5) is 0 Å². The van der Waals surface area contributed by atoms with Gasteiger partial charge in [0.05, 0.1) is 25.7 Å². The number of carbonyl (C=O) groups excluding carboxylic acids is 2. The fourth-order valence-electron chi connectivity index (χ4n) is 1.93. The lowest BCUT2D eigenvalue weighted by Crippen LogP contribution is -2.28. The van der Waals surface area contributed by atoms with Crippen LogP contribution in [0.1, 0.15) is 53.9 Å². The van der Waals surface area contributed by atoms with Crippen LogP contribution >= 0.6 is 0 Å². The van der Waals surface area contributed by atoms with Crippen molar-refractivity contribution in [1.82, 2.24) is 0 Å². The Balaban J connectivity index is 0. The second-order valence-electron chi connectivity index (χ2n) is 4.42. The molecule has 0 fully saturated rings. The van der Waals surface area contributed by atoms with Crippen molar-refractivity contribution >= 4 is 11.9 Å². The standard InChI is InChI=1S/C11H22O3.C4H8O2/c1-4-7-9(5-2)10(8-12)11(13)14-6-3;1-3-6-4(2)5/h9-10,12H,4-8H2,1-3H3;3H2,1-2H3. The van der Waals surface area contributed by atoms with Gasteiger partial charge in [-0.25, -0.2) is 0 Å². The van der Waals surface area contributed by atoms with Gasteiger partial charge >= 0.3 is 11.9 Å². The maximum Gasteiger partial charge on any atom is 0.311 e. The van der Waals surface area contributed by atoms with Gasteiger partial charge in [-0.05, 0) is 26.2 Å². The van der Waals surface area contributed by atoms with Crippen LogP contribution in [0.15, 0.2) is 0 Å². The first-order valence-corrected chi connectivity index (χ1v) is 7.39. The van der Waals surface area contributed by atoms with Crippen LogP contribution in [-0.2, 0) is 19.1 Å². The zero-order valence-electron chi connectivity index (χ0n) is 13.5. The minimum absolute atomic E-state index is 0.0999. The Hall–Kier alpha value is -1.10. The van der Waals surface area contributed by atoms with Crippen LogP contribution in [0.25, 0.3) is 0 Å². The molecule has 0 amide bonds. The average Bonchev–Trinajstić information content (AvgIpc) is 2.39. The van der Waals surface area contributed by atoms with Crippen molar-refractivity contribution < 1.29 is 24.2 Å². The lowest BCUT2D eigenvalue weighted by molar-refractivity contribution is -0.152. The summed E-state index contributed by atoms with van der Waals surface area (Å²) < 4.78 is 9.33. The largest absolute Gasteiger partial charge is 0.466 e. The lowest BCUT2D eigenvalue weighted by Gasteiger charge is -2.22. The Morgan fingerprint density at radius 3 is 1.85 bits per heavy atom. The zero-order valence-corrected chi connectivity index (χ0v) is 13.5. The molecule has 0 aliphatic rings. The summed E-state index contributed by atoms with van der Waals surface area (Å²) in [6.45, 7) is 9.85. The van der Waals surface area contributed by atoms with Gasteiger partial charge in [-0.3, -0.25) is 9.59 Å². The van der Waals surface area contributed by atoms with Gasteiger partial charge in [0.1, 0.15) is 0 Å². The molecule has 0 aromatic heterocycles. The molecule has 120 valence electrons. The SMILES string of the molecule is CCCC(CC)C(CO)C(=O)OCC.CCOC(C)=O. The maximum absolute atomic E-state index is 11.5. The molecule has 0 aliphatic heterocycles. The van der Waals surface area contributed by atoms with E-state index in [4.69, 9.17) is 9.84 Å². The molecule has 0 heterocycles. The summed E-state index contributed by atoms with van der Waals surface area (Å²) >= 11 is 0. The number of esters is 2. The van der Waals surface area contributed by atoms with E-state index in [0.717, 1.165) is 19.3 Å². The summed E-state index contributed by atoms with van der Waals surface area (Å²) in [5.41, 5.74) is 0. The van der Waals surface area contributed by atoms with E-state index in [1.807, 2.05) is 6.92 Å². The average molecular weight is 290 g/mol. The lowest BCUT2D eigenvalue weighted by atomic mass is 9.87. The quantitative estimate of drug-likeness (QED) is 0.695. The molecular weight excluding hydrogens is 260 g/mol. The molecular formula is C15H30O5. The van der Waals surface area contributed by atoms with Crippen LogP contribution in [0.3, 0.4) is 0 Å². The molecule has 0 saturated carbocycles. The van der Waals surface area contributed by atoms with E-state index in [0.29, 0.717) is 13.2 Å².